The number of allylic oxidation sites excluding steroid dienone is 1. The van der Waals surface area contributed by atoms with Crippen LogP contribution in [0.3, 0.4) is 0 Å². The van der Waals surface area contributed by atoms with E-state index in [2.05, 4.69) is 6.92 Å². The maximum absolute atomic E-state index is 13.0. The topological polar surface area (TPSA) is 110 Å². The van der Waals surface area contributed by atoms with Crippen LogP contribution in [-0.4, -0.2) is 47.7 Å². The number of rotatable bonds is 13. The molecule has 0 aliphatic heterocycles. The number of carboxylic acid groups (broad SMARTS) is 1. The average molecular weight is 421 g/mol. The summed E-state index contributed by atoms with van der Waals surface area (Å²) in [6.07, 6.45) is 4.77. The quantitative estimate of drug-likeness (QED) is 0.292. The molecule has 166 valence electrons. The van der Waals surface area contributed by atoms with Crippen LogP contribution in [0.2, 0.25) is 0 Å². The SMILES string of the molecule is CCCCC(C)OCC(=O)N(CC=C(C)C)c1cc(CC[N+](=O)[O-])ccc1C(=O)O. The van der Waals surface area contributed by atoms with Crippen LogP contribution in [0.15, 0.2) is 29.8 Å². The maximum atomic E-state index is 13.0. The number of carboxylic acids is 1. The number of hydrogen-bond donors (Lipinski definition) is 1. The van der Waals surface area contributed by atoms with Crippen molar-refractivity contribution in [1.29, 1.82) is 0 Å². The molecule has 8 heteroatoms. The molecule has 30 heavy (non-hydrogen) atoms. The van der Waals surface area contributed by atoms with Crippen molar-refractivity contribution in [2.75, 3.05) is 24.6 Å². The highest BCUT2D eigenvalue weighted by atomic mass is 16.6. The van der Waals surface area contributed by atoms with Gasteiger partial charge in [-0.1, -0.05) is 37.5 Å². The van der Waals surface area contributed by atoms with Crippen LogP contribution >= 0.6 is 0 Å². The van der Waals surface area contributed by atoms with Gasteiger partial charge in [0.05, 0.1) is 17.4 Å². The lowest BCUT2D eigenvalue weighted by atomic mass is 10.0. The molecule has 0 heterocycles. The van der Waals surface area contributed by atoms with Crippen molar-refractivity contribution in [2.24, 2.45) is 0 Å². The second kappa shape index (κ2) is 12.7. The molecule has 0 aliphatic rings. The number of amides is 1. The summed E-state index contributed by atoms with van der Waals surface area (Å²) in [6.45, 7) is 7.51. The number of anilines is 1. The molecule has 1 aromatic carbocycles. The van der Waals surface area contributed by atoms with E-state index in [9.17, 15) is 24.8 Å². The number of nitro groups is 1. The molecule has 0 aromatic heterocycles. The van der Waals surface area contributed by atoms with Crippen LogP contribution < -0.4 is 4.90 Å². The van der Waals surface area contributed by atoms with Gasteiger partial charge in [0, 0.05) is 17.9 Å². The Bertz CT molecular complexity index is 771. The largest absolute Gasteiger partial charge is 0.478 e. The van der Waals surface area contributed by atoms with Gasteiger partial charge < -0.3 is 14.7 Å². The van der Waals surface area contributed by atoms with Gasteiger partial charge in [-0.15, -0.1) is 0 Å². The van der Waals surface area contributed by atoms with Crippen LogP contribution in [0.25, 0.3) is 0 Å². The van der Waals surface area contributed by atoms with E-state index in [4.69, 9.17) is 4.74 Å². The molecule has 1 amide bonds. The van der Waals surface area contributed by atoms with E-state index < -0.39 is 10.9 Å². The Kier molecular flexibility index (Phi) is 10.7. The Labute approximate surface area is 177 Å². The molecule has 0 saturated carbocycles. The number of ether oxygens (including phenoxy) is 1. The van der Waals surface area contributed by atoms with Gasteiger partial charge in [0.25, 0.3) is 5.91 Å². The summed E-state index contributed by atoms with van der Waals surface area (Å²) in [5.41, 5.74) is 1.76. The van der Waals surface area contributed by atoms with Crippen molar-refractivity contribution in [2.45, 2.75) is 59.5 Å². The fourth-order valence-electron chi connectivity index (χ4n) is 2.83. The first-order valence-corrected chi connectivity index (χ1v) is 10.2. The molecule has 1 rings (SSSR count). The molecule has 1 atom stereocenters. The van der Waals surface area contributed by atoms with Crippen LogP contribution in [0, 0.1) is 10.1 Å². The first-order chi connectivity index (χ1) is 14.1. The first-order valence-electron chi connectivity index (χ1n) is 10.2. The van der Waals surface area contributed by atoms with Gasteiger partial charge in [0.15, 0.2) is 0 Å². The fourth-order valence-corrected chi connectivity index (χ4v) is 2.83. The predicted molar refractivity (Wildman–Crippen MR) is 116 cm³/mol. The maximum Gasteiger partial charge on any atom is 0.337 e. The summed E-state index contributed by atoms with van der Waals surface area (Å²) < 4.78 is 5.68. The highest BCUT2D eigenvalue weighted by Gasteiger charge is 2.22. The van der Waals surface area contributed by atoms with Gasteiger partial charge in [-0.3, -0.25) is 14.9 Å². The number of unbranched alkanes of at least 4 members (excludes halogenated alkanes) is 1. The molecule has 0 aliphatic carbocycles. The molecule has 1 aromatic rings. The monoisotopic (exact) mass is 420 g/mol. The Balaban J connectivity index is 3.19. The molecule has 0 saturated heterocycles. The summed E-state index contributed by atoms with van der Waals surface area (Å²) in [5, 5.41) is 20.3. The van der Waals surface area contributed by atoms with Crippen LogP contribution in [-0.2, 0) is 16.0 Å². The third-order valence-corrected chi connectivity index (χ3v) is 4.61. The fraction of sp³-hybridized carbons (Fsp3) is 0.545. The Hall–Kier alpha value is -2.74. The minimum atomic E-state index is -1.17. The second-order valence-corrected chi connectivity index (χ2v) is 7.51. The van der Waals surface area contributed by atoms with Crippen molar-refractivity contribution in [1.82, 2.24) is 0 Å². The third kappa shape index (κ3) is 8.73. The zero-order valence-electron chi connectivity index (χ0n) is 18.2. The highest BCUT2D eigenvalue weighted by Crippen LogP contribution is 2.24. The molecule has 1 unspecified atom stereocenters. The Morgan fingerprint density at radius 3 is 2.60 bits per heavy atom. The van der Waals surface area contributed by atoms with Gasteiger partial charge in [-0.2, -0.15) is 0 Å². The van der Waals surface area contributed by atoms with E-state index in [-0.39, 0.29) is 49.4 Å². The first kappa shape index (κ1) is 25.3. The Morgan fingerprint density at radius 2 is 2.03 bits per heavy atom. The number of carbonyl (C=O) groups is 2. The summed E-state index contributed by atoms with van der Waals surface area (Å²) in [4.78, 5) is 36.4. The van der Waals surface area contributed by atoms with E-state index in [1.807, 2.05) is 26.8 Å². The predicted octanol–water partition coefficient (Wildman–Crippen LogP) is 4.10. The van der Waals surface area contributed by atoms with Crippen molar-refractivity contribution in [3.8, 4) is 0 Å². The van der Waals surface area contributed by atoms with Crippen LogP contribution in [0.5, 0.6) is 0 Å². The van der Waals surface area contributed by atoms with Crippen molar-refractivity contribution < 1.29 is 24.4 Å². The van der Waals surface area contributed by atoms with Gasteiger partial charge in [0.1, 0.15) is 6.61 Å². The lowest BCUT2D eigenvalue weighted by Crippen LogP contribution is -2.36. The minimum Gasteiger partial charge on any atom is -0.478 e. The number of hydrogen-bond acceptors (Lipinski definition) is 5. The van der Waals surface area contributed by atoms with E-state index in [1.54, 1.807) is 12.1 Å². The highest BCUT2D eigenvalue weighted by molar-refractivity contribution is 6.02. The molecule has 0 bridgehead atoms. The smallest absolute Gasteiger partial charge is 0.337 e. The second-order valence-electron chi connectivity index (χ2n) is 7.51. The zero-order chi connectivity index (χ0) is 22.7. The van der Waals surface area contributed by atoms with Crippen molar-refractivity contribution in [3.63, 3.8) is 0 Å². The normalized spacial score (nSPS) is 11.6. The molecule has 0 radical (unpaired) electrons. The summed E-state index contributed by atoms with van der Waals surface area (Å²) in [7, 11) is 0. The number of nitrogens with zero attached hydrogens (tertiary/aromatic N) is 2. The van der Waals surface area contributed by atoms with E-state index in [0.717, 1.165) is 24.8 Å². The number of benzene rings is 1. The van der Waals surface area contributed by atoms with E-state index >= 15 is 0 Å². The van der Waals surface area contributed by atoms with Crippen molar-refractivity contribution in [3.05, 3.63) is 51.1 Å². The summed E-state index contributed by atoms with van der Waals surface area (Å²) in [6, 6.07) is 4.48. The van der Waals surface area contributed by atoms with Crippen LogP contribution in [0.4, 0.5) is 5.69 Å². The van der Waals surface area contributed by atoms with Gasteiger partial charge in [-0.25, -0.2) is 4.79 Å². The summed E-state index contributed by atoms with van der Waals surface area (Å²) >= 11 is 0. The lowest BCUT2D eigenvalue weighted by molar-refractivity contribution is -0.479. The van der Waals surface area contributed by atoms with Crippen LogP contribution in [0.1, 0.15) is 62.9 Å². The third-order valence-electron chi connectivity index (χ3n) is 4.61. The lowest BCUT2D eigenvalue weighted by Gasteiger charge is -2.25. The van der Waals surface area contributed by atoms with Gasteiger partial charge >= 0.3 is 5.97 Å². The number of aromatic carboxylic acids is 1. The average Bonchev–Trinajstić information content (AvgIpc) is 2.68. The van der Waals surface area contributed by atoms with E-state index in [0.29, 0.717) is 5.56 Å². The van der Waals surface area contributed by atoms with Gasteiger partial charge in [-0.05, 0) is 44.9 Å². The van der Waals surface area contributed by atoms with E-state index in [1.165, 1.54) is 11.0 Å². The van der Waals surface area contributed by atoms with Crippen molar-refractivity contribution >= 4 is 17.6 Å². The standard InChI is InChI=1S/C22H32N2O6/c1-5-6-7-17(4)30-15-21(25)23(12-10-16(2)3)20-14-18(11-13-24(28)29)8-9-19(20)22(26)27/h8-10,14,17H,5-7,11-13,15H2,1-4H3,(H,26,27). The molecular weight excluding hydrogens is 388 g/mol. The molecule has 0 fully saturated rings. The van der Waals surface area contributed by atoms with Gasteiger partial charge in [0.2, 0.25) is 6.54 Å². The Morgan fingerprint density at radius 1 is 1.33 bits per heavy atom. The molecular formula is C22H32N2O6. The minimum absolute atomic E-state index is 0.0330. The molecule has 0 spiro atoms. The molecule has 8 nitrogen and oxygen atoms in total. The zero-order valence-corrected chi connectivity index (χ0v) is 18.2. The molecule has 1 N–H and O–H groups in total. The summed E-state index contributed by atoms with van der Waals surface area (Å²) in [5.74, 6) is -1.53. The number of carbonyl (C=O) groups excluding carboxylic acids is 1.